The van der Waals surface area contributed by atoms with Crippen molar-refractivity contribution in [1.29, 1.82) is 0 Å². The molecule has 0 aromatic carbocycles. The van der Waals surface area contributed by atoms with Crippen molar-refractivity contribution in [1.82, 2.24) is 9.78 Å². The van der Waals surface area contributed by atoms with E-state index in [9.17, 15) is 4.79 Å². The molecule has 2 N–H and O–H groups in total. The number of H-pyrrole nitrogens is 1. The van der Waals surface area contributed by atoms with Crippen molar-refractivity contribution < 1.29 is 5.11 Å². The average molecular weight is 170 g/mol. The van der Waals surface area contributed by atoms with Gasteiger partial charge in [0.05, 0.1) is 12.6 Å². The van der Waals surface area contributed by atoms with Crippen LogP contribution in [-0.4, -0.2) is 21.0 Å². The summed E-state index contributed by atoms with van der Waals surface area (Å²) >= 11 is 0. The van der Waals surface area contributed by atoms with Gasteiger partial charge in [-0.1, -0.05) is 6.92 Å². The monoisotopic (exact) mass is 170 g/mol. The number of hydrogen-bond acceptors (Lipinski definition) is 2. The Kier molecular flexibility index (Phi) is 2.70. The number of rotatable bonds is 3. The minimum absolute atomic E-state index is 0.0762. The van der Waals surface area contributed by atoms with Gasteiger partial charge < -0.3 is 5.11 Å². The highest BCUT2D eigenvalue weighted by atomic mass is 16.3. The normalized spacial score (nSPS) is 13.2. The van der Waals surface area contributed by atoms with Crippen LogP contribution in [0.15, 0.2) is 10.9 Å². The zero-order chi connectivity index (χ0) is 9.14. The lowest BCUT2D eigenvalue weighted by Crippen LogP contribution is -2.22. The minimum Gasteiger partial charge on any atom is -0.391 e. The first-order chi connectivity index (χ1) is 5.63. The van der Waals surface area contributed by atoms with Gasteiger partial charge in [0.15, 0.2) is 0 Å². The molecular formula is C8H14N2O2. The Bertz CT molecular complexity index is 298. The number of nitrogens with one attached hydrogen (secondary N) is 1. The largest absolute Gasteiger partial charge is 0.391 e. The molecule has 1 rings (SSSR count). The van der Waals surface area contributed by atoms with Gasteiger partial charge in [-0.25, -0.2) is 0 Å². The average Bonchev–Trinajstić information content (AvgIpc) is 2.31. The van der Waals surface area contributed by atoms with Gasteiger partial charge in [-0.15, -0.1) is 0 Å². The summed E-state index contributed by atoms with van der Waals surface area (Å²) in [7, 11) is 0. The first-order valence-electron chi connectivity index (χ1n) is 4.10. The lowest BCUT2D eigenvalue weighted by Gasteiger charge is -2.03. The Morgan fingerprint density at radius 3 is 2.83 bits per heavy atom. The Balaban J connectivity index is 2.85. The summed E-state index contributed by atoms with van der Waals surface area (Å²) in [5, 5.41) is 11.9. The number of aryl methyl sites for hydroxylation is 1. The third-order valence-electron chi connectivity index (χ3n) is 1.67. The van der Waals surface area contributed by atoms with Crippen molar-refractivity contribution in [3.63, 3.8) is 0 Å². The highest BCUT2D eigenvalue weighted by molar-refractivity contribution is 4.98. The fourth-order valence-electron chi connectivity index (χ4n) is 1.07. The number of aromatic amines is 1. The molecule has 0 amide bonds. The maximum Gasteiger partial charge on any atom is 0.266 e. The van der Waals surface area contributed by atoms with E-state index in [2.05, 4.69) is 5.10 Å². The van der Waals surface area contributed by atoms with Crippen LogP contribution in [0.3, 0.4) is 0 Å². The van der Waals surface area contributed by atoms with Gasteiger partial charge in [0, 0.05) is 11.8 Å². The molecule has 4 heteroatoms. The number of aliphatic hydroxyl groups is 1. The Hall–Kier alpha value is -1.03. The fourth-order valence-corrected chi connectivity index (χ4v) is 1.07. The van der Waals surface area contributed by atoms with Gasteiger partial charge in [0.25, 0.3) is 5.56 Å². The minimum atomic E-state index is -0.494. The molecule has 68 valence electrons. The van der Waals surface area contributed by atoms with E-state index in [1.54, 1.807) is 13.0 Å². The second-order valence-electron chi connectivity index (χ2n) is 2.93. The van der Waals surface area contributed by atoms with Crippen molar-refractivity contribution in [3.8, 4) is 0 Å². The molecule has 0 spiro atoms. The zero-order valence-electron chi connectivity index (χ0n) is 7.37. The van der Waals surface area contributed by atoms with E-state index >= 15 is 0 Å². The maximum atomic E-state index is 11.2. The number of aromatic nitrogens is 2. The predicted octanol–water partition coefficient (Wildman–Crippen LogP) is 0.120. The highest BCUT2D eigenvalue weighted by Gasteiger charge is 2.03. The molecule has 1 aromatic heterocycles. The molecule has 0 aliphatic heterocycles. The van der Waals surface area contributed by atoms with Crippen LogP contribution in [-0.2, 0) is 13.0 Å². The van der Waals surface area contributed by atoms with E-state index in [1.807, 2.05) is 6.92 Å². The summed E-state index contributed by atoms with van der Waals surface area (Å²) in [5.41, 5.74) is 0.827. The van der Waals surface area contributed by atoms with Crippen LogP contribution in [0.25, 0.3) is 0 Å². The second-order valence-corrected chi connectivity index (χ2v) is 2.93. The molecule has 1 heterocycles. The van der Waals surface area contributed by atoms with Gasteiger partial charge in [0.1, 0.15) is 0 Å². The Morgan fingerprint density at radius 2 is 2.42 bits per heavy atom. The summed E-state index contributed by atoms with van der Waals surface area (Å²) in [6.07, 6.45) is 0.313. The smallest absolute Gasteiger partial charge is 0.266 e. The lowest BCUT2D eigenvalue weighted by atomic mass is 10.3. The molecule has 0 fully saturated rings. The zero-order valence-corrected chi connectivity index (χ0v) is 7.37. The first kappa shape index (κ1) is 9.06. The van der Waals surface area contributed by atoms with Crippen molar-refractivity contribution in [2.75, 3.05) is 0 Å². The van der Waals surface area contributed by atoms with Gasteiger partial charge in [-0.3, -0.25) is 14.6 Å². The van der Waals surface area contributed by atoms with Crippen molar-refractivity contribution in [3.05, 3.63) is 22.1 Å². The second kappa shape index (κ2) is 3.58. The van der Waals surface area contributed by atoms with Gasteiger partial charge in [0.2, 0.25) is 0 Å². The van der Waals surface area contributed by atoms with Crippen LogP contribution in [0.1, 0.15) is 19.5 Å². The number of hydrogen-bond donors (Lipinski definition) is 2. The summed E-state index contributed by atoms with van der Waals surface area (Å²) in [6.45, 7) is 3.95. The molecule has 0 radical (unpaired) electrons. The fraction of sp³-hybridized carbons (Fsp3) is 0.625. The van der Waals surface area contributed by atoms with Crippen molar-refractivity contribution >= 4 is 0 Å². The molecule has 0 aliphatic rings. The highest BCUT2D eigenvalue weighted by Crippen LogP contribution is 1.92. The summed E-state index contributed by atoms with van der Waals surface area (Å²) < 4.78 is 1.42. The van der Waals surface area contributed by atoms with Crippen LogP contribution < -0.4 is 5.56 Å². The first-order valence-corrected chi connectivity index (χ1v) is 4.10. The molecular weight excluding hydrogens is 156 g/mol. The summed E-state index contributed by atoms with van der Waals surface area (Å²) in [6, 6.07) is 1.56. The van der Waals surface area contributed by atoms with Crippen LogP contribution in [0.2, 0.25) is 0 Å². The third kappa shape index (κ3) is 1.98. The van der Waals surface area contributed by atoms with Gasteiger partial charge in [-0.2, -0.15) is 0 Å². The van der Waals surface area contributed by atoms with Crippen LogP contribution in [0.4, 0.5) is 0 Å². The molecule has 0 saturated heterocycles. The Morgan fingerprint density at radius 1 is 1.75 bits per heavy atom. The standard InChI is InChI=1S/C8H14N2O2/c1-3-7-4-8(12)10(9-7)5-6(2)11/h4,6,9,11H,3,5H2,1-2H3. The lowest BCUT2D eigenvalue weighted by molar-refractivity contribution is 0.167. The molecule has 1 atom stereocenters. The topological polar surface area (TPSA) is 58.0 Å². The molecule has 0 aliphatic carbocycles. The van der Waals surface area contributed by atoms with Crippen LogP contribution >= 0.6 is 0 Å². The van der Waals surface area contributed by atoms with Gasteiger partial charge >= 0.3 is 0 Å². The molecule has 0 saturated carbocycles. The quantitative estimate of drug-likeness (QED) is 0.677. The van der Waals surface area contributed by atoms with E-state index in [0.717, 1.165) is 12.1 Å². The van der Waals surface area contributed by atoms with Crippen LogP contribution in [0.5, 0.6) is 0 Å². The van der Waals surface area contributed by atoms with Gasteiger partial charge in [-0.05, 0) is 13.3 Å². The van der Waals surface area contributed by atoms with E-state index in [-0.39, 0.29) is 5.56 Å². The molecule has 12 heavy (non-hydrogen) atoms. The third-order valence-corrected chi connectivity index (χ3v) is 1.67. The Labute approximate surface area is 70.8 Å². The predicted molar refractivity (Wildman–Crippen MR) is 46.1 cm³/mol. The number of aliphatic hydroxyl groups excluding tert-OH is 1. The number of nitrogens with zero attached hydrogens (tertiary/aromatic N) is 1. The SMILES string of the molecule is CCc1cc(=O)n(CC(C)O)[nH]1. The van der Waals surface area contributed by atoms with Crippen molar-refractivity contribution in [2.24, 2.45) is 0 Å². The maximum absolute atomic E-state index is 11.2. The molecule has 1 aromatic rings. The summed E-state index contributed by atoms with van der Waals surface area (Å²) in [5.74, 6) is 0. The molecule has 0 bridgehead atoms. The molecule has 4 nitrogen and oxygen atoms in total. The summed E-state index contributed by atoms with van der Waals surface area (Å²) in [4.78, 5) is 11.2. The van der Waals surface area contributed by atoms with E-state index in [4.69, 9.17) is 5.11 Å². The van der Waals surface area contributed by atoms with E-state index < -0.39 is 6.10 Å². The van der Waals surface area contributed by atoms with E-state index in [0.29, 0.717) is 6.54 Å². The molecule has 1 unspecified atom stereocenters. The van der Waals surface area contributed by atoms with Crippen LogP contribution in [0, 0.1) is 0 Å². The van der Waals surface area contributed by atoms with E-state index in [1.165, 1.54) is 4.68 Å². The van der Waals surface area contributed by atoms with Crippen molar-refractivity contribution in [2.45, 2.75) is 32.9 Å².